The molecule has 2 saturated heterocycles. The highest BCUT2D eigenvalue weighted by atomic mass is 16.6. The number of allylic oxidation sites excluding steroid dienone is 6. The van der Waals surface area contributed by atoms with Gasteiger partial charge in [-0.2, -0.15) is 0 Å². The summed E-state index contributed by atoms with van der Waals surface area (Å²) in [6, 6.07) is -1.07. The molecule has 12 heteroatoms. The molecule has 4 aliphatic rings. The molecule has 354 valence electrons. The van der Waals surface area contributed by atoms with Crippen molar-refractivity contribution < 1.29 is 52.8 Å². The second-order valence-electron chi connectivity index (χ2n) is 19.4. The lowest BCUT2D eigenvalue weighted by molar-refractivity contribution is -0.265. The number of hydrogen-bond acceptors (Lipinski definition) is 11. The van der Waals surface area contributed by atoms with Crippen LogP contribution in [0, 0.1) is 35.5 Å². The first-order valence-corrected chi connectivity index (χ1v) is 23.7. The van der Waals surface area contributed by atoms with Crippen molar-refractivity contribution in [3.63, 3.8) is 0 Å². The highest BCUT2D eigenvalue weighted by molar-refractivity contribution is 6.39. The molecule has 1 saturated carbocycles. The van der Waals surface area contributed by atoms with Gasteiger partial charge in [0, 0.05) is 64.9 Å². The third-order valence-corrected chi connectivity index (χ3v) is 14.2. The third kappa shape index (κ3) is 14.6. The molecule has 0 spiro atoms. The predicted octanol–water partition coefficient (Wildman–Crippen LogP) is 8.24. The van der Waals surface area contributed by atoms with E-state index < -0.39 is 59.6 Å². The second-order valence-corrected chi connectivity index (χ2v) is 19.4. The van der Waals surface area contributed by atoms with Crippen LogP contribution in [-0.2, 0) is 47.7 Å². The Bertz CT molecular complexity index is 1680. The Labute approximate surface area is 377 Å². The number of aliphatic hydroxyl groups is 1. The molecular weight excluding hydrogens is 803 g/mol. The summed E-state index contributed by atoms with van der Waals surface area (Å²) in [5.74, 6) is -6.42. The van der Waals surface area contributed by atoms with Gasteiger partial charge in [0.1, 0.15) is 24.0 Å². The van der Waals surface area contributed by atoms with Gasteiger partial charge >= 0.3 is 5.97 Å². The second kappa shape index (κ2) is 24.8. The van der Waals surface area contributed by atoms with Crippen molar-refractivity contribution in [2.24, 2.45) is 35.5 Å². The summed E-state index contributed by atoms with van der Waals surface area (Å²) in [5, 5.41) is 11.9. The minimum Gasteiger partial charge on any atom is -0.460 e. The van der Waals surface area contributed by atoms with Gasteiger partial charge in [0.2, 0.25) is 5.79 Å². The molecule has 0 aromatic heterocycles. The number of nitrogens with zero attached hydrogens (tertiary/aromatic N) is 1. The SMILES string of the molecule is CO[C@H]1CCC[C@@H](C[C@@H](C)[C@@H]2CC(=O)[C@H](C)/C=C(\C)C[C@@H](OC)C(=O)[C@H](C)C[C@H](C)/C=C/C=C/C=C(\C)[C@@H](OC)C[C@@H]3CC[C@@H](C)[C@@](O)(O3)C(=O)C(=O)N3CCCC[C@H]3C(=O)O2)C1. The smallest absolute Gasteiger partial charge is 0.329 e. The van der Waals surface area contributed by atoms with E-state index in [1.165, 1.54) is 4.90 Å². The van der Waals surface area contributed by atoms with Gasteiger partial charge in [-0.05, 0) is 95.0 Å². The summed E-state index contributed by atoms with van der Waals surface area (Å²) in [7, 11) is 4.87. The minimum atomic E-state index is -2.39. The molecule has 1 N–H and O–H groups in total. The number of piperidine rings is 1. The number of ether oxygens (including phenoxy) is 5. The molecule has 2 bridgehead atoms. The number of cyclic esters (lactones) is 1. The molecule has 1 aliphatic carbocycles. The van der Waals surface area contributed by atoms with Gasteiger partial charge < -0.3 is 33.7 Å². The average Bonchev–Trinajstić information content (AvgIpc) is 3.26. The van der Waals surface area contributed by atoms with Gasteiger partial charge in [-0.3, -0.25) is 19.2 Å². The van der Waals surface area contributed by atoms with E-state index in [1.54, 1.807) is 28.3 Å². The monoisotopic (exact) mass is 882 g/mol. The van der Waals surface area contributed by atoms with E-state index in [4.69, 9.17) is 23.7 Å². The summed E-state index contributed by atoms with van der Waals surface area (Å²) in [5.41, 5.74) is 1.77. The van der Waals surface area contributed by atoms with Crippen molar-refractivity contribution in [3.05, 3.63) is 47.6 Å². The predicted molar refractivity (Wildman–Crippen MR) is 242 cm³/mol. The van der Waals surface area contributed by atoms with Crippen LogP contribution in [0.3, 0.4) is 0 Å². The Morgan fingerprint density at radius 1 is 0.825 bits per heavy atom. The van der Waals surface area contributed by atoms with Gasteiger partial charge in [0.25, 0.3) is 11.7 Å². The van der Waals surface area contributed by atoms with Crippen molar-refractivity contribution in [1.82, 2.24) is 4.90 Å². The topological polar surface area (TPSA) is 155 Å². The summed E-state index contributed by atoms with van der Waals surface area (Å²) < 4.78 is 29.7. The van der Waals surface area contributed by atoms with E-state index in [9.17, 15) is 29.1 Å². The lowest BCUT2D eigenvalue weighted by atomic mass is 9.79. The lowest BCUT2D eigenvalue weighted by Gasteiger charge is -2.42. The van der Waals surface area contributed by atoms with Crippen molar-refractivity contribution in [2.45, 2.75) is 181 Å². The number of rotatable bonds is 6. The van der Waals surface area contributed by atoms with Crippen LogP contribution < -0.4 is 0 Å². The number of hydrogen-bond donors (Lipinski definition) is 1. The molecule has 0 radical (unpaired) electrons. The van der Waals surface area contributed by atoms with E-state index in [0.717, 1.165) is 43.3 Å². The summed E-state index contributed by atoms with van der Waals surface area (Å²) in [6.07, 6.45) is 17.9. The fraction of sp³-hybridized carbons (Fsp3) is 0.745. The maximum Gasteiger partial charge on any atom is 0.329 e. The number of amides is 1. The van der Waals surface area contributed by atoms with Crippen LogP contribution in [0.1, 0.15) is 138 Å². The molecule has 3 fully saturated rings. The van der Waals surface area contributed by atoms with Gasteiger partial charge in [-0.1, -0.05) is 89.5 Å². The number of fused-ring (bicyclic) bond motifs is 3. The van der Waals surface area contributed by atoms with E-state index in [2.05, 4.69) is 13.0 Å². The van der Waals surface area contributed by atoms with Crippen LogP contribution in [0.4, 0.5) is 0 Å². The Morgan fingerprint density at radius 2 is 1.56 bits per heavy atom. The van der Waals surface area contributed by atoms with Crippen LogP contribution in [0.5, 0.6) is 0 Å². The highest BCUT2D eigenvalue weighted by Gasteiger charge is 2.53. The van der Waals surface area contributed by atoms with Gasteiger partial charge in [-0.25, -0.2) is 4.79 Å². The van der Waals surface area contributed by atoms with Crippen LogP contribution in [-0.4, -0.2) is 109 Å². The third-order valence-electron chi connectivity index (χ3n) is 14.2. The number of esters is 1. The van der Waals surface area contributed by atoms with Gasteiger partial charge in [-0.15, -0.1) is 0 Å². The Balaban J connectivity index is 1.68. The number of Topliss-reactive ketones (excluding diaryl/α,β-unsaturated/α-hetero) is 3. The molecule has 13 atom stereocenters. The first kappa shape index (κ1) is 52.3. The molecule has 12 nitrogen and oxygen atoms in total. The zero-order chi connectivity index (χ0) is 46.4. The van der Waals surface area contributed by atoms with Gasteiger partial charge in [0.05, 0.1) is 18.3 Å². The molecular formula is C51H79NO11. The average molecular weight is 882 g/mol. The Kier molecular flexibility index (Phi) is 20.6. The van der Waals surface area contributed by atoms with E-state index in [-0.39, 0.29) is 60.9 Å². The molecule has 0 aromatic carbocycles. The maximum absolute atomic E-state index is 14.3. The van der Waals surface area contributed by atoms with Gasteiger partial charge in [0.15, 0.2) is 5.78 Å². The zero-order valence-corrected chi connectivity index (χ0v) is 40.0. The standard InChI is InChI=1S/C51H79NO11/c1-32-17-12-11-13-18-34(3)44(60-9)30-41-23-22-38(7)51(58,63-41)48(55)49(56)52-24-15-14-21-42(52)50(57)62-45(36(5)28-39-19-16-20-40(29-39)59-8)31-43(53)35(4)26-33(2)27-46(61-10)47(54)37(6)25-32/h11-13,17-18,26,32,35-42,44-46,58H,14-16,19-25,27-31H2,1-10H3/b13-11+,17-12+,33-26+,34-18+/t32-,35-,36-,37-,38-,39+,40+,41+,42+,44+,45+,46-,51-/m1/s1. The minimum absolute atomic E-state index is 0.0131. The van der Waals surface area contributed by atoms with Crippen LogP contribution in [0.2, 0.25) is 0 Å². The molecule has 1 amide bonds. The van der Waals surface area contributed by atoms with Crippen molar-refractivity contribution in [2.75, 3.05) is 27.9 Å². The van der Waals surface area contributed by atoms with Crippen molar-refractivity contribution >= 4 is 29.2 Å². The van der Waals surface area contributed by atoms with Crippen LogP contribution >= 0.6 is 0 Å². The van der Waals surface area contributed by atoms with E-state index >= 15 is 0 Å². The molecule has 63 heavy (non-hydrogen) atoms. The molecule has 3 aliphatic heterocycles. The Hall–Kier alpha value is -3.29. The lowest BCUT2D eigenvalue weighted by Crippen LogP contribution is -2.61. The first-order valence-electron chi connectivity index (χ1n) is 23.7. The summed E-state index contributed by atoms with van der Waals surface area (Å²) in [4.78, 5) is 71.7. The number of methoxy groups -OCH3 is 3. The van der Waals surface area contributed by atoms with Crippen LogP contribution in [0.25, 0.3) is 0 Å². The molecule has 4 rings (SSSR count). The molecule has 0 unspecified atom stereocenters. The fourth-order valence-corrected chi connectivity index (χ4v) is 10.1. The Morgan fingerprint density at radius 3 is 2.25 bits per heavy atom. The normalized spacial score (nSPS) is 38.9. The maximum atomic E-state index is 14.3. The number of ketones is 3. The summed E-state index contributed by atoms with van der Waals surface area (Å²) in [6.45, 7) is 13.5. The summed E-state index contributed by atoms with van der Waals surface area (Å²) >= 11 is 0. The fourth-order valence-electron chi connectivity index (χ4n) is 10.1. The number of carbonyl (C=O) groups excluding carboxylic acids is 5. The highest BCUT2D eigenvalue weighted by Crippen LogP contribution is 2.37. The van der Waals surface area contributed by atoms with Crippen LogP contribution in [0.15, 0.2) is 47.6 Å². The quantitative estimate of drug-likeness (QED) is 0.156. The number of carbonyl (C=O) groups is 5. The molecule has 3 heterocycles. The van der Waals surface area contributed by atoms with E-state index in [0.29, 0.717) is 50.9 Å². The van der Waals surface area contributed by atoms with Crippen molar-refractivity contribution in [3.8, 4) is 0 Å². The molecule has 0 aromatic rings. The largest absolute Gasteiger partial charge is 0.460 e. The van der Waals surface area contributed by atoms with Crippen molar-refractivity contribution in [1.29, 1.82) is 0 Å². The van der Waals surface area contributed by atoms with E-state index in [1.807, 2.05) is 65.0 Å². The first-order chi connectivity index (χ1) is 29.9. The zero-order valence-electron chi connectivity index (χ0n) is 40.0.